The van der Waals surface area contributed by atoms with Crippen molar-refractivity contribution in [2.24, 2.45) is 0 Å². The first-order chi connectivity index (χ1) is 16.4. The zero-order chi connectivity index (χ0) is 23.4. The zero-order valence-corrected chi connectivity index (χ0v) is 19.9. The Hall–Kier alpha value is -3.03. The van der Waals surface area contributed by atoms with Crippen molar-refractivity contribution in [2.45, 2.75) is 24.7 Å². The van der Waals surface area contributed by atoms with E-state index in [-0.39, 0.29) is 17.1 Å². The molecule has 1 N–H and O–H groups in total. The molecule has 1 spiro atoms. The second-order valence-electron chi connectivity index (χ2n) is 10.4. The van der Waals surface area contributed by atoms with Gasteiger partial charge in [-0.05, 0) is 63.3 Å². The molecule has 1 amide bonds. The van der Waals surface area contributed by atoms with E-state index in [0.717, 1.165) is 79.8 Å². The number of hydrogen-bond donors (Lipinski definition) is 1. The lowest BCUT2D eigenvalue weighted by Gasteiger charge is -2.38. The van der Waals surface area contributed by atoms with E-state index < -0.39 is 0 Å². The number of amides is 1. The number of piperidine rings is 1. The number of pyridine rings is 1. The number of carbonyl (C=O) groups is 2. The number of piperazine rings is 1. The Kier molecular flexibility index (Phi) is 5.08. The summed E-state index contributed by atoms with van der Waals surface area (Å²) in [5.74, 6) is 0.311. The third-order valence-electron chi connectivity index (χ3n) is 8.21. The highest BCUT2D eigenvalue weighted by atomic mass is 16.2. The van der Waals surface area contributed by atoms with Gasteiger partial charge in [0, 0.05) is 66.9 Å². The van der Waals surface area contributed by atoms with E-state index in [1.807, 2.05) is 29.3 Å². The molecule has 3 aromatic rings. The van der Waals surface area contributed by atoms with Gasteiger partial charge >= 0.3 is 0 Å². The number of Topliss-reactive ketones (excluding diaryl/α,β-unsaturated/α-hetero) is 1. The number of carbonyl (C=O) groups excluding carboxylic acids is 2. The minimum Gasteiger partial charge on any atom is -0.346 e. The maximum absolute atomic E-state index is 13.2. The first kappa shape index (κ1) is 21.5. The van der Waals surface area contributed by atoms with Crippen LogP contribution in [0.3, 0.4) is 0 Å². The summed E-state index contributed by atoms with van der Waals surface area (Å²) in [6.45, 7) is 5.30. The summed E-state index contributed by atoms with van der Waals surface area (Å²) in [6, 6.07) is 8.25. The second-order valence-corrected chi connectivity index (χ2v) is 10.4. The van der Waals surface area contributed by atoms with E-state index in [4.69, 9.17) is 0 Å². The molecule has 176 valence electrons. The monoisotopic (exact) mass is 457 g/mol. The van der Waals surface area contributed by atoms with E-state index in [2.05, 4.69) is 39.9 Å². The first-order valence-corrected chi connectivity index (χ1v) is 12.3. The third-order valence-corrected chi connectivity index (χ3v) is 8.21. The molecule has 34 heavy (non-hydrogen) atoms. The molecule has 0 bridgehead atoms. The predicted octanol–water partition coefficient (Wildman–Crippen LogP) is 3.17. The molecule has 6 rings (SSSR count). The van der Waals surface area contributed by atoms with Crippen molar-refractivity contribution in [2.75, 3.05) is 53.4 Å². The predicted molar refractivity (Wildman–Crippen MR) is 132 cm³/mol. The molecule has 0 radical (unpaired) electrons. The quantitative estimate of drug-likeness (QED) is 0.640. The lowest BCUT2D eigenvalue weighted by molar-refractivity contribution is 0.0663. The fraction of sp³-hybridized carbons (Fsp3) is 0.444. The van der Waals surface area contributed by atoms with Crippen LogP contribution in [0.2, 0.25) is 0 Å². The Balaban J connectivity index is 1.37. The van der Waals surface area contributed by atoms with Crippen molar-refractivity contribution in [1.82, 2.24) is 24.7 Å². The van der Waals surface area contributed by atoms with Gasteiger partial charge in [-0.2, -0.15) is 0 Å². The van der Waals surface area contributed by atoms with Gasteiger partial charge in [0.15, 0.2) is 5.78 Å². The molecular formula is C27H31N5O2. The summed E-state index contributed by atoms with van der Waals surface area (Å²) < 4.78 is 0. The highest BCUT2D eigenvalue weighted by Crippen LogP contribution is 2.47. The van der Waals surface area contributed by atoms with E-state index in [1.54, 1.807) is 6.20 Å². The molecule has 4 heterocycles. The van der Waals surface area contributed by atoms with E-state index in [1.165, 1.54) is 5.56 Å². The van der Waals surface area contributed by atoms with Crippen molar-refractivity contribution in [3.63, 3.8) is 0 Å². The summed E-state index contributed by atoms with van der Waals surface area (Å²) in [5, 5.41) is 0.946. The van der Waals surface area contributed by atoms with Crippen molar-refractivity contribution in [3.8, 4) is 11.1 Å². The summed E-state index contributed by atoms with van der Waals surface area (Å²) in [4.78, 5) is 40.3. The smallest absolute Gasteiger partial charge is 0.255 e. The van der Waals surface area contributed by atoms with Gasteiger partial charge in [-0.15, -0.1) is 0 Å². The van der Waals surface area contributed by atoms with Crippen molar-refractivity contribution < 1.29 is 9.59 Å². The number of fused-ring (bicyclic) bond motifs is 3. The van der Waals surface area contributed by atoms with Crippen molar-refractivity contribution >= 4 is 22.7 Å². The second kappa shape index (κ2) is 8.03. The molecule has 2 aliphatic heterocycles. The van der Waals surface area contributed by atoms with Crippen LogP contribution >= 0.6 is 0 Å². The van der Waals surface area contributed by atoms with Crippen molar-refractivity contribution in [3.05, 3.63) is 53.3 Å². The van der Waals surface area contributed by atoms with Gasteiger partial charge in [0.1, 0.15) is 5.65 Å². The highest BCUT2D eigenvalue weighted by Gasteiger charge is 2.44. The number of ketones is 1. The topological polar surface area (TPSA) is 72.5 Å². The molecule has 0 unspecified atom stereocenters. The van der Waals surface area contributed by atoms with Crippen LogP contribution in [0.4, 0.5) is 0 Å². The van der Waals surface area contributed by atoms with Crippen LogP contribution in [0, 0.1) is 0 Å². The summed E-state index contributed by atoms with van der Waals surface area (Å²) in [7, 11) is 4.24. The molecule has 0 saturated carbocycles. The number of likely N-dealkylation sites (tertiary alicyclic amines) is 1. The molecule has 3 aliphatic rings. The minimum absolute atomic E-state index is 0.0398. The number of rotatable bonds is 2. The van der Waals surface area contributed by atoms with E-state index in [0.29, 0.717) is 12.0 Å². The standard InChI is InChI=1S/C27H31N5O2/c1-30-7-5-27(6-8-30)15-24(33)20-4-3-18(14-23(20)27)22-17-29-25-21(22)13-19(16-28-25)26(34)32-11-9-31(2)10-12-32/h3-4,13-14,16-17H,5-12,15H2,1-2H3,(H,28,29). The van der Waals surface area contributed by atoms with E-state index in [9.17, 15) is 9.59 Å². The van der Waals surface area contributed by atoms with Gasteiger partial charge in [-0.25, -0.2) is 4.98 Å². The van der Waals surface area contributed by atoms with Crippen LogP contribution in [0.5, 0.6) is 0 Å². The maximum Gasteiger partial charge on any atom is 0.255 e. The van der Waals surface area contributed by atoms with Gasteiger partial charge in [0.2, 0.25) is 0 Å². The van der Waals surface area contributed by atoms with Gasteiger partial charge < -0.3 is 19.7 Å². The highest BCUT2D eigenvalue weighted by molar-refractivity contribution is 6.04. The number of hydrogen-bond acceptors (Lipinski definition) is 5. The minimum atomic E-state index is -0.0398. The molecule has 1 aromatic carbocycles. The molecule has 0 atom stereocenters. The normalized spacial score (nSPS) is 20.9. The first-order valence-electron chi connectivity index (χ1n) is 12.3. The van der Waals surface area contributed by atoms with Crippen LogP contribution < -0.4 is 0 Å². The average molecular weight is 458 g/mol. The summed E-state index contributed by atoms with van der Waals surface area (Å²) in [6.07, 6.45) is 6.31. The number of H-pyrrole nitrogens is 1. The van der Waals surface area contributed by atoms with Crippen LogP contribution in [0.1, 0.15) is 45.5 Å². The number of nitrogens with one attached hydrogen (secondary N) is 1. The summed E-state index contributed by atoms with van der Waals surface area (Å²) >= 11 is 0. The largest absolute Gasteiger partial charge is 0.346 e. The maximum atomic E-state index is 13.2. The zero-order valence-electron chi connectivity index (χ0n) is 19.9. The van der Waals surface area contributed by atoms with Gasteiger partial charge in [-0.3, -0.25) is 9.59 Å². The van der Waals surface area contributed by atoms with Crippen molar-refractivity contribution in [1.29, 1.82) is 0 Å². The Morgan fingerprint density at radius 1 is 0.971 bits per heavy atom. The third kappa shape index (κ3) is 3.46. The van der Waals surface area contributed by atoms with Crippen LogP contribution in [0.25, 0.3) is 22.2 Å². The van der Waals surface area contributed by atoms with Gasteiger partial charge in [0.05, 0.1) is 5.56 Å². The Bertz CT molecular complexity index is 1280. The number of aromatic amines is 1. The number of likely N-dealkylation sites (N-methyl/N-ethyl adjacent to an activating group) is 1. The number of benzene rings is 1. The van der Waals surface area contributed by atoms with E-state index >= 15 is 0 Å². The molecular weight excluding hydrogens is 426 g/mol. The number of aromatic nitrogens is 2. The molecule has 7 heteroatoms. The fourth-order valence-electron chi connectivity index (χ4n) is 5.94. The molecule has 2 saturated heterocycles. The lowest BCUT2D eigenvalue weighted by Crippen LogP contribution is -2.47. The SMILES string of the molecule is CN1CCN(C(=O)c2cnc3[nH]cc(-c4ccc5c(c4)C4(CCN(C)CC4)CC5=O)c3c2)CC1. The van der Waals surface area contributed by atoms with Crippen LogP contribution in [0.15, 0.2) is 36.7 Å². The van der Waals surface area contributed by atoms with Crippen LogP contribution in [-0.4, -0.2) is 89.7 Å². The molecule has 2 aromatic heterocycles. The van der Waals surface area contributed by atoms with Gasteiger partial charge in [0.25, 0.3) is 5.91 Å². The Morgan fingerprint density at radius 3 is 2.47 bits per heavy atom. The molecule has 1 aliphatic carbocycles. The van der Waals surface area contributed by atoms with Crippen LogP contribution in [-0.2, 0) is 5.41 Å². The summed E-state index contributed by atoms with van der Waals surface area (Å²) in [5.41, 5.74) is 5.55. The van der Waals surface area contributed by atoms with Gasteiger partial charge in [-0.1, -0.05) is 12.1 Å². The molecule has 2 fully saturated rings. The molecule has 7 nitrogen and oxygen atoms in total. The Labute approximate surface area is 199 Å². The fourth-order valence-corrected chi connectivity index (χ4v) is 5.94. The Morgan fingerprint density at radius 2 is 1.71 bits per heavy atom. The number of nitrogens with zero attached hydrogens (tertiary/aromatic N) is 4. The lowest BCUT2D eigenvalue weighted by atomic mass is 9.73. The average Bonchev–Trinajstić information content (AvgIpc) is 3.39.